The molecular formula is C23H48O4P+. The zero-order valence-corrected chi connectivity index (χ0v) is 20.3. The fourth-order valence-corrected chi connectivity index (χ4v) is 8.58. The minimum atomic E-state index is -0.824. The van der Waals surface area contributed by atoms with Crippen LogP contribution >= 0.6 is 7.26 Å². The molecule has 28 heavy (non-hydrogen) atoms. The number of carbonyl (C=O) groups excluding carboxylic acids is 1. The smallest absolute Gasteiger partial charge is 0.305 e. The summed E-state index contributed by atoms with van der Waals surface area (Å²) in [4.78, 5) is 20.5. The molecule has 1 N–H and O–H groups in total. The average Bonchev–Trinajstić information content (AvgIpc) is 2.70. The summed E-state index contributed by atoms with van der Waals surface area (Å²) in [6.45, 7) is 9.42. The molecule has 0 aromatic heterocycles. The van der Waals surface area contributed by atoms with Gasteiger partial charge < -0.3 is 9.84 Å². The second-order valence-corrected chi connectivity index (χ2v) is 12.3. The summed E-state index contributed by atoms with van der Waals surface area (Å²) in [5.41, 5.74) is 0. The van der Waals surface area contributed by atoms with Crippen LogP contribution in [-0.4, -0.2) is 48.8 Å². The zero-order chi connectivity index (χ0) is 21.7. The van der Waals surface area contributed by atoms with Gasteiger partial charge in [-0.1, -0.05) is 53.4 Å². The van der Waals surface area contributed by atoms with Gasteiger partial charge in [0, 0.05) is 20.1 Å². The molecule has 168 valence electrons. The lowest BCUT2D eigenvalue weighted by Gasteiger charge is -2.28. The van der Waals surface area contributed by atoms with Crippen molar-refractivity contribution in [3.05, 3.63) is 0 Å². The summed E-state index contributed by atoms with van der Waals surface area (Å²) in [6.07, 6.45) is 19.5. The van der Waals surface area contributed by atoms with Gasteiger partial charge in [0.2, 0.25) is 0 Å². The van der Waals surface area contributed by atoms with Gasteiger partial charge >= 0.3 is 11.9 Å². The second-order valence-electron chi connectivity index (χ2n) is 7.83. The van der Waals surface area contributed by atoms with Crippen LogP contribution < -0.4 is 0 Å². The number of aliphatic carboxylic acids is 1. The fourth-order valence-electron chi connectivity index (χ4n) is 3.29. The van der Waals surface area contributed by atoms with E-state index >= 15 is 0 Å². The molecular weight excluding hydrogens is 371 g/mol. The highest BCUT2D eigenvalue weighted by atomic mass is 31.2. The number of carboxylic acid groups (broad SMARTS) is 1. The minimum Gasteiger partial charge on any atom is -0.481 e. The van der Waals surface area contributed by atoms with Crippen LogP contribution in [0.25, 0.3) is 0 Å². The Balaban J connectivity index is 0. The van der Waals surface area contributed by atoms with Crippen LogP contribution in [0, 0.1) is 0 Å². The first-order valence-electron chi connectivity index (χ1n) is 11.5. The van der Waals surface area contributed by atoms with E-state index in [9.17, 15) is 9.59 Å². The Labute approximate surface area is 175 Å². The molecule has 0 spiro atoms. The number of esters is 1. The van der Waals surface area contributed by atoms with E-state index < -0.39 is 13.2 Å². The van der Waals surface area contributed by atoms with E-state index in [-0.39, 0.29) is 12.4 Å². The topological polar surface area (TPSA) is 63.6 Å². The van der Waals surface area contributed by atoms with E-state index in [0.717, 1.165) is 0 Å². The number of carbonyl (C=O) groups is 2. The van der Waals surface area contributed by atoms with Crippen molar-refractivity contribution < 1.29 is 19.4 Å². The number of hydrogen-bond acceptors (Lipinski definition) is 3. The van der Waals surface area contributed by atoms with E-state index in [1.807, 2.05) is 0 Å². The van der Waals surface area contributed by atoms with Gasteiger partial charge in [-0.3, -0.25) is 9.59 Å². The third kappa shape index (κ3) is 18.7. The lowest BCUT2D eigenvalue weighted by Crippen LogP contribution is -2.12. The fraction of sp³-hybridized carbons (Fsp3) is 0.913. The Kier molecular flexibility index (Phi) is 22.3. The molecule has 0 bridgehead atoms. The zero-order valence-electron chi connectivity index (χ0n) is 19.4. The van der Waals surface area contributed by atoms with Crippen LogP contribution in [0.15, 0.2) is 0 Å². The maximum absolute atomic E-state index is 10.5. The molecule has 0 atom stereocenters. The predicted octanol–water partition coefficient (Wildman–Crippen LogP) is 7.01. The van der Waals surface area contributed by atoms with E-state index in [0.29, 0.717) is 19.3 Å². The van der Waals surface area contributed by atoms with E-state index in [2.05, 4.69) is 32.4 Å². The van der Waals surface area contributed by atoms with Gasteiger partial charge in [-0.25, -0.2) is 0 Å². The first kappa shape index (κ1) is 29.6. The molecule has 0 aliphatic carbocycles. The van der Waals surface area contributed by atoms with Gasteiger partial charge in [-0.05, 0) is 38.5 Å². The third-order valence-corrected chi connectivity index (χ3v) is 10.3. The lowest BCUT2D eigenvalue weighted by molar-refractivity contribution is -0.141. The number of unbranched alkanes of at least 4 members (excludes halogenated alkanes) is 5. The highest BCUT2D eigenvalue weighted by Crippen LogP contribution is 2.61. The monoisotopic (exact) mass is 419 g/mol. The normalized spacial score (nSPS) is 10.9. The van der Waals surface area contributed by atoms with Gasteiger partial charge in [-0.2, -0.15) is 0 Å². The standard InChI is InChI=1S/C16H36P.C7H12O4/c1-5-9-13-17(14-10-6-2,15-11-7-3)16-12-8-4;1-11-7(10)5-3-2-4-6(8)9/h5-16H2,1-4H3;2-5H2,1H3,(H,8,9)/q+1;. The number of carboxylic acids is 1. The number of ether oxygens (including phenoxy) is 1. The van der Waals surface area contributed by atoms with Gasteiger partial charge in [-0.15, -0.1) is 0 Å². The summed E-state index contributed by atoms with van der Waals surface area (Å²) >= 11 is 0. The Morgan fingerprint density at radius 3 is 1.32 bits per heavy atom. The summed E-state index contributed by atoms with van der Waals surface area (Å²) < 4.78 is 4.37. The van der Waals surface area contributed by atoms with Crippen molar-refractivity contribution in [2.45, 2.75) is 105 Å². The van der Waals surface area contributed by atoms with Crippen LogP contribution in [0.1, 0.15) is 105 Å². The highest BCUT2D eigenvalue weighted by Gasteiger charge is 2.34. The number of methoxy groups -OCH3 is 1. The molecule has 0 aliphatic heterocycles. The van der Waals surface area contributed by atoms with Crippen LogP contribution in [-0.2, 0) is 14.3 Å². The van der Waals surface area contributed by atoms with Crippen LogP contribution in [0.5, 0.6) is 0 Å². The van der Waals surface area contributed by atoms with E-state index in [4.69, 9.17) is 5.11 Å². The number of hydrogen-bond donors (Lipinski definition) is 1. The molecule has 0 rings (SSSR count). The van der Waals surface area contributed by atoms with Crippen molar-refractivity contribution in [2.75, 3.05) is 31.8 Å². The van der Waals surface area contributed by atoms with Crippen LogP contribution in [0.4, 0.5) is 0 Å². The van der Waals surface area contributed by atoms with Crippen molar-refractivity contribution in [1.82, 2.24) is 0 Å². The molecule has 0 radical (unpaired) electrons. The Bertz CT molecular complexity index is 334. The van der Waals surface area contributed by atoms with Gasteiger partial charge in [0.25, 0.3) is 0 Å². The minimum absolute atomic E-state index is 0.122. The van der Waals surface area contributed by atoms with Gasteiger partial charge in [0.15, 0.2) is 0 Å². The highest BCUT2D eigenvalue weighted by molar-refractivity contribution is 7.75. The van der Waals surface area contributed by atoms with Crippen molar-refractivity contribution in [2.24, 2.45) is 0 Å². The summed E-state index contributed by atoms with van der Waals surface area (Å²) in [5.74, 6) is -1.11. The largest absolute Gasteiger partial charge is 0.481 e. The second kappa shape index (κ2) is 21.1. The maximum Gasteiger partial charge on any atom is 0.305 e. The molecule has 0 saturated carbocycles. The first-order chi connectivity index (χ1) is 13.4. The molecule has 0 heterocycles. The quantitative estimate of drug-likeness (QED) is 0.156. The van der Waals surface area contributed by atoms with Crippen molar-refractivity contribution in [3.63, 3.8) is 0 Å². The molecule has 0 fully saturated rings. The van der Waals surface area contributed by atoms with Gasteiger partial charge in [0.05, 0.1) is 31.8 Å². The molecule has 0 unspecified atom stereocenters. The SMILES string of the molecule is CCCC[P+](CCCC)(CCCC)CCCC.COC(=O)CCCCC(=O)O. The predicted molar refractivity (Wildman–Crippen MR) is 124 cm³/mol. The Hall–Kier alpha value is -0.630. The lowest BCUT2D eigenvalue weighted by atomic mass is 10.2. The molecule has 0 aliphatic rings. The summed E-state index contributed by atoms with van der Waals surface area (Å²) in [6, 6.07) is 0. The van der Waals surface area contributed by atoms with Crippen molar-refractivity contribution in [1.29, 1.82) is 0 Å². The van der Waals surface area contributed by atoms with E-state index in [1.165, 1.54) is 58.5 Å². The molecule has 4 nitrogen and oxygen atoms in total. The van der Waals surface area contributed by atoms with Crippen LogP contribution in [0.3, 0.4) is 0 Å². The summed E-state index contributed by atoms with van der Waals surface area (Å²) in [5, 5.41) is 8.22. The number of rotatable bonds is 17. The van der Waals surface area contributed by atoms with Crippen molar-refractivity contribution in [3.8, 4) is 0 Å². The molecule has 5 heteroatoms. The first-order valence-corrected chi connectivity index (χ1v) is 14.1. The van der Waals surface area contributed by atoms with Crippen LogP contribution in [0.2, 0.25) is 0 Å². The molecule has 0 aromatic rings. The average molecular weight is 420 g/mol. The molecule has 0 amide bonds. The maximum atomic E-state index is 10.5. The third-order valence-electron chi connectivity index (χ3n) is 5.19. The van der Waals surface area contributed by atoms with Crippen molar-refractivity contribution >= 4 is 19.2 Å². The Morgan fingerprint density at radius 1 is 0.679 bits per heavy atom. The Morgan fingerprint density at radius 2 is 1.04 bits per heavy atom. The molecule has 0 aromatic carbocycles. The van der Waals surface area contributed by atoms with E-state index in [1.54, 1.807) is 24.6 Å². The van der Waals surface area contributed by atoms with Gasteiger partial charge in [0.1, 0.15) is 0 Å². The molecule has 0 saturated heterocycles. The summed E-state index contributed by atoms with van der Waals surface area (Å²) in [7, 11) is 0.757.